The van der Waals surface area contributed by atoms with Crippen molar-refractivity contribution in [1.29, 1.82) is 0 Å². The number of nitro groups is 2. The van der Waals surface area contributed by atoms with E-state index in [2.05, 4.69) is 0 Å². The molecule has 0 radical (unpaired) electrons. The molecule has 0 heterocycles. The predicted octanol–water partition coefficient (Wildman–Crippen LogP) is 5.92. The van der Waals surface area contributed by atoms with Crippen LogP contribution in [-0.2, 0) is 12.8 Å². The summed E-state index contributed by atoms with van der Waals surface area (Å²) in [5, 5.41) is 22.7. The van der Waals surface area contributed by atoms with Gasteiger partial charge in [-0.2, -0.15) is 0 Å². The smallest absolute Gasteiger partial charge is 0.269 e. The zero-order chi connectivity index (χ0) is 24.1. The highest BCUT2D eigenvalue weighted by atomic mass is 16.6. The van der Waals surface area contributed by atoms with Crippen LogP contribution in [0, 0.1) is 20.2 Å². The van der Waals surface area contributed by atoms with Gasteiger partial charge in [-0.25, -0.2) is 0 Å². The summed E-state index contributed by atoms with van der Waals surface area (Å²) in [6.07, 6.45) is 0.676. The largest absolute Gasteiger partial charge is 0.289 e. The Morgan fingerprint density at radius 2 is 0.971 bits per heavy atom. The summed E-state index contributed by atoms with van der Waals surface area (Å²) in [6, 6.07) is 27.1. The van der Waals surface area contributed by atoms with Crippen molar-refractivity contribution in [3.63, 3.8) is 0 Å². The first kappa shape index (κ1) is 22.5. The minimum Gasteiger partial charge on any atom is -0.289 e. The summed E-state index contributed by atoms with van der Waals surface area (Å²) in [4.78, 5) is 35.5. The van der Waals surface area contributed by atoms with Gasteiger partial charge >= 0.3 is 0 Å². The van der Waals surface area contributed by atoms with E-state index in [4.69, 9.17) is 0 Å². The molecule has 7 nitrogen and oxygen atoms in total. The molecule has 0 aliphatic heterocycles. The monoisotopic (exact) mass is 452 g/mol. The SMILES string of the molecule is O=C(c1ccc([N+](=O)[O-])cc1Cc1ccccc1)c1ccc([N+](=O)[O-])cc1Cc1ccccc1. The van der Waals surface area contributed by atoms with Crippen molar-refractivity contribution in [2.24, 2.45) is 0 Å². The summed E-state index contributed by atoms with van der Waals surface area (Å²) in [7, 11) is 0. The third kappa shape index (κ3) is 5.05. The fraction of sp³-hybridized carbons (Fsp3) is 0.0741. The van der Waals surface area contributed by atoms with Crippen LogP contribution in [0.25, 0.3) is 0 Å². The minimum atomic E-state index is -0.491. The molecule has 0 aliphatic carbocycles. The number of ketones is 1. The molecule has 0 aromatic heterocycles. The van der Waals surface area contributed by atoms with Gasteiger partial charge in [0.05, 0.1) is 9.85 Å². The molecule has 168 valence electrons. The average Bonchev–Trinajstić information content (AvgIpc) is 2.85. The van der Waals surface area contributed by atoms with Crippen LogP contribution >= 0.6 is 0 Å². The maximum atomic E-state index is 13.7. The number of hydrogen-bond acceptors (Lipinski definition) is 5. The van der Waals surface area contributed by atoms with Gasteiger partial charge in [0.1, 0.15) is 0 Å². The number of non-ortho nitro benzene ring substituents is 2. The van der Waals surface area contributed by atoms with Crippen LogP contribution in [0.4, 0.5) is 11.4 Å². The summed E-state index contributed by atoms with van der Waals surface area (Å²) in [6.45, 7) is 0. The average molecular weight is 452 g/mol. The second kappa shape index (κ2) is 9.87. The van der Waals surface area contributed by atoms with Gasteiger partial charge in [0.15, 0.2) is 5.78 Å². The van der Waals surface area contributed by atoms with Crippen LogP contribution in [0.1, 0.15) is 38.2 Å². The van der Waals surface area contributed by atoms with Crippen molar-refractivity contribution in [3.8, 4) is 0 Å². The van der Waals surface area contributed by atoms with Crippen molar-refractivity contribution in [2.75, 3.05) is 0 Å². The highest BCUT2D eigenvalue weighted by Crippen LogP contribution is 2.27. The Hall–Kier alpha value is -4.65. The molecule has 0 spiro atoms. The van der Waals surface area contributed by atoms with Crippen molar-refractivity contribution in [3.05, 3.63) is 151 Å². The minimum absolute atomic E-state index is 0.101. The van der Waals surface area contributed by atoms with E-state index in [0.29, 0.717) is 35.1 Å². The van der Waals surface area contributed by atoms with Crippen LogP contribution in [0.5, 0.6) is 0 Å². The Balaban J connectivity index is 1.80. The number of rotatable bonds is 8. The molecule has 4 rings (SSSR count). The molecule has 4 aromatic rings. The lowest BCUT2D eigenvalue weighted by atomic mass is 9.90. The molecule has 0 bridgehead atoms. The van der Waals surface area contributed by atoms with E-state index in [1.54, 1.807) is 0 Å². The molecule has 0 saturated carbocycles. The van der Waals surface area contributed by atoms with E-state index in [9.17, 15) is 25.0 Å². The number of nitro benzene ring substituents is 2. The molecular formula is C27H20N2O5. The molecule has 7 heteroatoms. The Morgan fingerprint density at radius 3 is 1.32 bits per heavy atom. The Morgan fingerprint density at radius 1 is 0.588 bits per heavy atom. The summed E-state index contributed by atoms with van der Waals surface area (Å²) in [5.41, 5.74) is 3.32. The van der Waals surface area contributed by atoms with Crippen molar-refractivity contribution < 1.29 is 14.6 Å². The topological polar surface area (TPSA) is 103 Å². The first-order chi connectivity index (χ1) is 16.4. The second-order valence-corrected chi connectivity index (χ2v) is 7.85. The molecule has 0 fully saturated rings. The van der Waals surface area contributed by atoms with E-state index in [-0.39, 0.29) is 17.2 Å². The van der Waals surface area contributed by atoms with E-state index >= 15 is 0 Å². The third-order valence-corrected chi connectivity index (χ3v) is 5.56. The molecule has 0 N–H and O–H groups in total. The zero-order valence-electron chi connectivity index (χ0n) is 18.1. The lowest BCUT2D eigenvalue weighted by Crippen LogP contribution is -2.10. The van der Waals surface area contributed by atoms with E-state index in [0.717, 1.165) is 11.1 Å². The van der Waals surface area contributed by atoms with Crippen molar-refractivity contribution >= 4 is 17.2 Å². The molecule has 0 atom stereocenters. The second-order valence-electron chi connectivity index (χ2n) is 7.85. The third-order valence-electron chi connectivity index (χ3n) is 5.56. The molecule has 0 amide bonds. The van der Waals surface area contributed by atoms with Gasteiger partial charge in [-0.05, 0) is 47.2 Å². The zero-order valence-corrected chi connectivity index (χ0v) is 18.1. The fourth-order valence-electron chi connectivity index (χ4n) is 3.90. The maximum Gasteiger partial charge on any atom is 0.269 e. The number of carbonyl (C=O) groups is 1. The molecule has 0 saturated heterocycles. The van der Waals surface area contributed by atoms with E-state index < -0.39 is 9.85 Å². The van der Waals surface area contributed by atoms with Crippen molar-refractivity contribution in [2.45, 2.75) is 12.8 Å². The molecule has 4 aromatic carbocycles. The number of nitrogens with zero attached hydrogens (tertiary/aromatic N) is 2. The van der Waals surface area contributed by atoms with Gasteiger partial charge in [0, 0.05) is 35.4 Å². The van der Waals surface area contributed by atoms with Gasteiger partial charge in [-0.1, -0.05) is 60.7 Å². The number of carbonyl (C=O) groups excluding carboxylic acids is 1. The highest BCUT2D eigenvalue weighted by molar-refractivity contribution is 6.11. The van der Waals surface area contributed by atoms with Crippen LogP contribution < -0.4 is 0 Å². The van der Waals surface area contributed by atoms with Crippen LogP contribution in [0.15, 0.2) is 97.1 Å². The van der Waals surface area contributed by atoms with Gasteiger partial charge in [0.2, 0.25) is 0 Å². The van der Waals surface area contributed by atoms with Crippen LogP contribution in [0.2, 0.25) is 0 Å². The van der Waals surface area contributed by atoms with E-state index in [1.165, 1.54) is 36.4 Å². The van der Waals surface area contributed by atoms with E-state index in [1.807, 2.05) is 60.7 Å². The quantitative estimate of drug-likeness (QED) is 0.188. The van der Waals surface area contributed by atoms with Gasteiger partial charge in [-0.15, -0.1) is 0 Å². The Bertz CT molecular complexity index is 1260. The lowest BCUT2D eigenvalue weighted by Gasteiger charge is -2.13. The van der Waals surface area contributed by atoms with Gasteiger partial charge in [-0.3, -0.25) is 25.0 Å². The Labute approximate surface area is 195 Å². The number of benzene rings is 4. The van der Waals surface area contributed by atoms with Crippen LogP contribution in [0.3, 0.4) is 0 Å². The summed E-state index contributed by atoms with van der Waals surface area (Å²) in [5.74, 6) is -0.332. The molecular weight excluding hydrogens is 432 g/mol. The maximum absolute atomic E-state index is 13.7. The predicted molar refractivity (Wildman–Crippen MR) is 128 cm³/mol. The molecule has 0 aliphatic rings. The van der Waals surface area contributed by atoms with Crippen LogP contribution in [-0.4, -0.2) is 15.6 Å². The first-order valence-corrected chi connectivity index (χ1v) is 10.6. The lowest BCUT2D eigenvalue weighted by molar-refractivity contribution is -0.385. The van der Waals surface area contributed by atoms with Crippen molar-refractivity contribution in [1.82, 2.24) is 0 Å². The summed E-state index contributed by atoms with van der Waals surface area (Å²) < 4.78 is 0. The Kier molecular flexibility index (Phi) is 6.54. The highest BCUT2D eigenvalue weighted by Gasteiger charge is 2.22. The first-order valence-electron chi connectivity index (χ1n) is 10.6. The fourth-order valence-corrected chi connectivity index (χ4v) is 3.90. The number of hydrogen-bond donors (Lipinski definition) is 0. The molecule has 34 heavy (non-hydrogen) atoms. The van der Waals surface area contributed by atoms with Gasteiger partial charge in [0.25, 0.3) is 11.4 Å². The normalized spacial score (nSPS) is 10.6. The summed E-state index contributed by atoms with van der Waals surface area (Å²) >= 11 is 0. The van der Waals surface area contributed by atoms with Gasteiger partial charge < -0.3 is 0 Å². The molecule has 0 unspecified atom stereocenters. The standard InChI is InChI=1S/C27H20N2O5/c30-27(25-13-11-23(28(31)32)17-21(25)15-19-7-3-1-4-8-19)26-14-12-24(29(33)34)18-22(26)16-20-9-5-2-6-10-20/h1-14,17-18H,15-16H2.